The van der Waals surface area contributed by atoms with E-state index in [0.717, 1.165) is 26.9 Å². The van der Waals surface area contributed by atoms with Gasteiger partial charge in [0.1, 0.15) is 5.75 Å². The van der Waals surface area contributed by atoms with E-state index in [1.165, 1.54) is 5.56 Å². The normalized spacial score (nSPS) is 12.7. The Kier molecular flexibility index (Phi) is 4.65. The molecular formula is C12H17BrClNO. The molecule has 2 nitrogen and oxygen atoms in total. The van der Waals surface area contributed by atoms with Crippen LogP contribution < -0.4 is 10.5 Å². The summed E-state index contributed by atoms with van der Waals surface area (Å²) in [6, 6.07) is -0.202. The van der Waals surface area contributed by atoms with Crippen molar-refractivity contribution in [3.05, 3.63) is 26.7 Å². The van der Waals surface area contributed by atoms with Gasteiger partial charge >= 0.3 is 0 Å². The fourth-order valence-electron chi connectivity index (χ4n) is 1.89. The summed E-state index contributed by atoms with van der Waals surface area (Å²) in [7, 11) is 1.67. The van der Waals surface area contributed by atoms with Crippen molar-refractivity contribution < 1.29 is 4.74 Å². The predicted octanol–water partition coefficient (Wildman–Crippen LogP) is 3.62. The Bertz CT molecular complexity index is 407. The van der Waals surface area contributed by atoms with Gasteiger partial charge in [-0.05, 0) is 37.5 Å². The number of methoxy groups -OCH3 is 1. The minimum atomic E-state index is -0.202. The summed E-state index contributed by atoms with van der Waals surface area (Å²) in [6.07, 6.45) is 0. The number of rotatable bonds is 3. The van der Waals surface area contributed by atoms with E-state index in [4.69, 9.17) is 22.1 Å². The number of benzene rings is 1. The SMILES string of the molecule is COc1c(C)c(C)c(Br)c(C)c1C(N)CCl. The van der Waals surface area contributed by atoms with Crippen molar-refractivity contribution in [3.8, 4) is 5.75 Å². The molecule has 1 atom stereocenters. The van der Waals surface area contributed by atoms with Crippen LogP contribution in [0.15, 0.2) is 4.47 Å². The van der Waals surface area contributed by atoms with Crippen LogP contribution >= 0.6 is 27.5 Å². The minimum Gasteiger partial charge on any atom is -0.496 e. The van der Waals surface area contributed by atoms with Gasteiger partial charge in [0, 0.05) is 22.0 Å². The second kappa shape index (κ2) is 5.39. The summed E-state index contributed by atoms with van der Waals surface area (Å²) in [5, 5.41) is 0. The zero-order chi connectivity index (χ0) is 12.5. The third-order valence-corrected chi connectivity index (χ3v) is 4.47. The maximum Gasteiger partial charge on any atom is 0.127 e. The second-order valence-corrected chi connectivity index (χ2v) is 5.00. The van der Waals surface area contributed by atoms with Crippen molar-refractivity contribution in [1.82, 2.24) is 0 Å². The lowest BCUT2D eigenvalue weighted by atomic mass is 9.95. The smallest absolute Gasteiger partial charge is 0.127 e. The summed E-state index contributed by atoms with van der Waals surface area (Å²) in [5.74, 6) is 1.23. The van der Waals surface area contributed by atoms with Gasteiger partial charge < -0.3 is 10.5 Å². The van der Waals surface area contributed by atoms with Crippen molar-refractivity contribution in [1.29, 1.82) is 0 Å². The first-order chi connectivity index (χ1) is 7.45. The van der Waals surface area contributed by atoms with Gasteiger partial charge in [0.25, 0.3) is 0 Å². The molecule has 0 amide bonds. The Morgan fingerprint density at radius 1 is 1.25 bits per heavy atom. The highest BCUT2D eigenvalue weighted by molar-refractivity contribution is 9.10. The van der Waals surface area contributed by atoms with Crippen LogP contribution in [0.1, 0.15) is 28.3 Å². The molecule has 1 rings (SSSR count). The molecule has 0 aliphatic rings. The van der Waals surface area contributed by atoms with E-state index in [1.807, 2.05) is 13.8 Å². The molecule has 0 aromatic heterocycles. The zero-order valence-electron chi connectivity index (χ0n) is 10.0. The van der Waals surface area contributed by atoms with Gasteiger partial charge in [-0.2, -0.15) is 0 Å². The molecule has 16 heavy (non-hydrogen) atoms. The van der Waals surface area contributed by atoms with Gasteiger partial charge in [-0.25, -0.2) is 0 Å². The van der Waals surface area contributed by atoms with Gasteiger partial charge in [-0.3, -0.25) is 0 Å². The van der Waals surface area contributed by atoms with E-state index in [1.54, 1.807) is 7.11 Å². The molecule has 0 radical (unpaired) electrons. The zero-order valence-corrected chi connectivity index (χ0v) is 12.4. The third-order valence-electron chi connectivity index (χ3n) is 2.95. The van der Waals surface area contributed by atoms with Gasteiger partial charge in [0.2, 0.25) is 0 Å². The van der Waals surface area contributed by atoms with E-state index < -0.39 is 0 Å². The number of alkyl halides is 1. The quantitative estimate of drug-likeness (QED) is 0.866. The topological polar surface area (TPSA) is 35.2 Å². The van der Waals surface area contributed by atoms with Crippen LogP contribution in [0.3, 0.4) is 0 Å². The van der Waals surface area contributed by atoms with Crippen LogP contribution in [0.25, 0.3) is 0 Å². The van der Waals surface area contributed by atoms with E-state index in [-0.39, 0.29) is 6.04 Å². The van der Waals surface area contributed by atoms with Crippen LogP contribution in [0, 0.1) is 20.8 Å². The van der Waals surface area contributed by atoms with Crippen LogP contribution in [0.4, 0.5) is 0 Å². The van der Waals surface area contributed by atoms with E-state index >= 15 is 0 Å². The Hall–Kier alpha value is -0.250. The molecule has 0 aliphatic heterocycles. The van der Waals surface area contributed by atoms with Crippen molar-refractivity contribution in [2.24, 2.45) is 5.73 Å². The minimum absolute atomic E-state index is 0.202. The Morgan fingerprint density at radius 2 is 1.81 bits per heavy atom. The molecule has 1 unspecified atom stereocenters. The molecule has 0 bridgehead atoms. The fourth-order valence-corrected chi connectivity index (χ4v) is 2.56. The van der Waals surface area contributed by atoms with Gasteiger partial charge in [0.05, 0.1) is 7.11 Å². The molecule has 90 valence electrons. The maximum absolute atomic E-state index is 6.03. The van der Waals surface area contributed by atoms with Crippen LogP contribution in [-0.2, 0) is 0 Å². The monoisotopic (exact) mass is 305 g/mol. The summed E-state index contributed by atoms with van der Waals surface area (Å²) >= 11 is 9.42. The van der Waals surface area contributed by atoms with E-state index in [0.29, 0.717) is 5.88 Å². The molecule has 2 N–H and O–H groups in total. The Morgan fingerprint density at radius 3 is 2.25 bits per heavy atom. The average Bonchev–Trinajstić information content (AvgIpc) is 2.29. The summed E-state index contributed by atoms with van der Waals surface area (Å²) < 4.78 is 6.54. The standard InChI is InChI=1S/C12H17BrClNO/c1-6-7(2)12(16-4)10(9(15)5-14)8(3)11(6)13/h9H,5,15H2,1-4H3. The van der Waals surface area contributed by atoms with Gasteiger partial charge in [-0.15, -0.1) is 11.6 Å². The molecule has 0 heterocycles. The first-order valence-corrected chi connectivity index (χ1v) is 6.43. The van der Waals surface area contributed by atoms with Crippen LogP contribution in [-0.4, -0.2) is 13.0 Å². The van der Waals surface area contributed by atoms with Crippen molar-refractivity contribution in [3.63, 3.8) is 0 Å². The number of nitrogens with two attached hydrogens (primary N) is 1. The van der Waals surface area contributed by atoms with Gasteiger partial charge in [-0.1, -0.05) is 15.9 Å². The summed E-state index contributed by atoms with van der Waals surface area (Å²) in [4.78, 5) is 0. The van der Waals surface area contributed by atoms with Crippen LogP contribution in [0.5, 0.6) is 5.75 Å². The Balaban J connectivity index is 3.57. The largest absolute Gasteiger partial charge is 0.496 e. The molecule has 0 fully saturated rings. The summed E-state index contributed by atoms with van der Waals surface area (Å²) in [6.45, 7) is 6.12. The van der Waals surface area contributed by atoms with Crippen LogP contribution in [0.2, 0.25) is 0 Å². The first-order valence-electron chi connectivity index (χ1n) is 5.10. The van der Waals surface area contributed by atoms with Crippen molar-refractivity contribution in [2.45, 2.75) is 26.8 Å². The maximum atomic E-state index is 6.03. The molecule has 0 aliphatic carbocycles. The molecule has 0 spiro atoms. The average molecular weight is 307 g/mol. The fraction of sp³-hybridized carbons (Fsp3) is 0.500. The van der Waals surface area contributed by atoms with Gasteiger partial charge in [0.15, 0.2) is 0 Å². The first kappa shape index (κ1) is 13.8. The molecule has 0 saturated carbocycles. The van der Waals surface area contributed by atoms with E-state index in [2.05, 4.69) is 22.9 Å². The third kappa shape index (κ3) is 2.22. The van der Waals surface area contributed by atoms with E-state index in [9.17, 15) is 0 Å². The molecule has 0 saturated heterocycles. The number of hydrogen-bond donors (Lipinski definition) is 1. The number of halogens is 2. The lowest BCUT2D eigenvalue weighted by Gasteiger charge is -2.21. The molecule has 1 aromatic rings. The van der Waals surface area contributed by atoms with Crippen molar-refractivity contribution in [2.75, 3.05) is 13.0 Å². The second-order valence-electron chi connectivity index (χ2n) is 3.90. The molecule has 4 heteroatoms. The lowest BCUT2D eigenvalue weighted by Crippen LogP contribution is -2.16. The molecule has 1 aromatic carbocycles. The number of ether oxygens (including phenoxy) is 1. The number of hydrogen-bond acceptors (Lipinski definition) is 2. The highest BCUT2D eigenvalue weighted by Gasteiger charge is 2.20. The summed E-state index contributed by atoms with van der Waals surface area (Å²) in [5.41, 5.74) is 10.4. The van der Waals surface area contributed by atoms with Crippen molar-refractivity contribution >= 4 is 27.5 Å². The Labute approximate surface area is 110 Å². The lowest BCUT2D eigenvalue weighted by molar-refractivity contribution is 0.402. The predicted molar refractivity (Wildman–Crippen MR) is 72.6 cm³/mol. The molecular weight excluding hydrogens is 289 g/mol. The highest BCUT2D eigenvalue weighted by Crippen LogP contribution is 2.38. The highest BCUT2D eigenvalue weighted by atomic mass is 79.9.